The van der Waals surface area contributed by atoms with Gasteiger partial charge in [-0.25, -0.2) is 0 Å². The lowest BCUT2D eigenvalue weighted by Gasteiger charge is -2.42. The predicted molar refractivity (Wildman–Crippen MR) is 183 cm³/mol. The number of benzene rings is 2. The topological polar surface area (TPSA) is 219 Å². The minimum atomic E-state index is -1.62. The van der Waals surface area contributed by atoms with E-state index in [1.54, 1.807) is 45.0 Å². The molecule has 2 saturated heterocycles. The summed E-state index contributed by atoms with van der Waals surface area (Å²) < 4.78 is 23.5. The average molecular weight is 721 g/mol. The van der Waals surface area contributed by atoms with E-state index >= 15 is 0 Å². The van der Waals surface area contributed by atoms with E-state index in [0.717, 1.165) is 11.1 Å². The van der Waals surface area contributed by atoms with Crippen molar-refractivity contribution in [1.29, 1.82) is 0 Å². The number of phenolic OH excluding ortho intramolecular Hbond substituents is 2. The van der Waals surface area contributed by atoms with Gasteiger partial charge in [0, 0.05) is 5.92 Å². The number of hydrogen-bond acceptors (Lipinski definition) is 13. The highest BCUT2D eigenvalue weighted by atomic mass is 32.1. The lowest BCUT2D eigenvalue weighted by atomic mass is 9.83. The molecular formula is C33H52O13S2. The molecule has 0 bridgehead atoms. The molecule has 0 amide bonds. The number of rotatable bonds is 13. The largest absolute Gasteiger partial charge is 0.508 e. The Balaban J connectivity index is 0.00000400. The Labute approximate surface area is 294 Å². The highest BCUT2D eigenvalue weighted by Crippen LogP contribution is 2.32. The number of aromatic hydroxyl groups is 2. The second-order valence-electron chi connectivity index (χ2n) is 12.6. The Morgan fingerprint density at radius 1 is 0.625 bits per heavy atom. The van der Waals surface area contributed by atoms with Crippen LogP contribution in [0, 0.1) is 31.6 Å². The van der Waals surface area contributed by atoms with Crippen LogP contribution in [0.2, 0.25) is 0 Å². The van der Waals surface area contributed by atoms with Gasteiger partial charge >= 0.3 is 0 Å². The van der Waals surface area contributed by atoms with Gasteiger partial charge < -0.3 is 64.9 Å². The minimum absolute atomic E-state index is 0. The fourth-order valence-corrected chi connectivity index (χ4v) is 6.08. The van der Waals surface area contributed by atoms with Crippen LogP contribution in [0.5, 0.6) is 11.5 Å². The van der Waals surface area contributed by atoms with Gasteiger partial charge in [0.1, 0.15) is 42.0 Å². The Kier molecular flexibility index (Phi) is 16.9. The third kappa shape index (κ3) is 10.2. The molecule has 9 N–H and O–H groups in total. The maximum absolute atomic E-state index is 10.8. The molecule has 2 aliphatic rings. The molecule has 0 aliphatic carbocycles. The smallest absolute Gasteiger partial charge is 0.186 e. The molecule has 0 radical (unpaired) electrons. The predicted octanol–water partition coefficient (Wildman–Crippen LogP) is -0.134. The Morgan fingerprint density at radius 3 is 1.46 bits per heavy atom. The van der Waals surface area contributed by atoms with E-state index in [9.17, 15) is 46.0 Å². The molecule has 0 aromatic heterocycles. The van der Waals surface area contributed by atoms with Gasteiger partial charge in [0.2, 0.25) is 0 Å². The van der Waals surface area contributed by atoms with E-state index < -0.39 is 73.8 Å². The minimum Gasteiger partial charge on any atom is -0.508 e. The number of ether oxygens (including phenoxy) is 4. The molecule has 0 saturated carbocycles. The van der Waals surface area contributed by atoms with Crippen molar-refractivity contribution in [3.63, 3.8) is 0 Å². The van der Waals surface area contributed by atoms with Gasteiger partial charge in [-0.1, -0.05) is 31.2 Å². The van der Waals surface area contributed by atoms with E-state index in [4.69, 9.17) is 18.9 Å². The standard InChI is InChI=1S/C33H48O13.2H2S/c1-16-8-19(4-6-23(16)36)10-21(14-43-32-30(41)27(38)18(3)25(12-34)45-32)22(11-20-5-7-24(37)17(2)9-20)15-44-33-31(42)29(40)28(39)26(13-35)46-33;;/h4-9,18,21-22,25-42H,10-15H2,1-3H3;2*1H2/t18-,21-,22-,25-,26-,27+,28-,29+,30-,31-,32-,33-;;/m1../s1. The van der Waals surface area contributed by atoms with Crippen molar-refractivity contribution in [1.82, 2.24) is 0 Å². The Morgan fingerprint density at radius 2 is 1.04 bits per heavy atom. The van der Waals surface area contributed by atoms with Crippen LogP contribution in [-0.2, 0) is 31.8 Å². The highest BCUT2D eigenvalue weighted by Gasteiger charge is 2.45. The number of phenols is 2. The van der Waals surface area contributed by atoms with Crippen LogP contribution in [0.25, 0.3) is 0 Å². The van der Waals surface area contributed by atoms with E-state index in [0.29, 0.717) is 24.0 Å². The highest BCUT2D eigenvalue weighted by molar-refractivity contribution is 7.59. The second-order valence-corrected chi connectivity index (χ2v) is 12.6. The number of hydrogen-bond donors (Lipinski definition) is 9. The molecule has 13 nitrogen and oxygen atoms in total. The SMILES string of the molecule is Cc1cc(C[C@H](CO[C@@H]2O[C@H](CO)[C@@H](O)[C@H](O)[C@H]2O)[C@@H](CO[C@@H]2O[C@H](CO)[C@@H](C)[C@H](O)[C@H]2O)Cc2ccc(O)c(C)c2)ccc1O.S.S. The molecule has 2 aliphatic heterocycles. The van der Waals surface area contributed by atoms with Gasteiger partial charge in [-0.3, -0.25) is 0 Å². The number of aliphatic hydroxyl groups is 7. The van der Waals surface area contributed by atoms with Crippen molar-refractivity contribution in [2.75, 3.05) is 26.4 Å². The van der Waals surface area contributed by atoms with E-state index in [-0.39, 0.29) is 64.2 Å². The normalized spacial score (nSPS) is 31.7. The summed E-state index contributed by atoms with van der Waals surface area (Å²) in [6, 6.07) is 10.4. The van der Waals surface area contributed by atoms with Crippen molar-refractivity contribution < 1.29 is 64.9 Å². The van der Waals surface area contributed by atoms with Crippen molar-refractivity contribution in [2.24, 2.45) is 17.8 Å². The van der Waals surface area contributed by atoms with Crippen molar-refractivity contribution in [3.05, 3.63) is 58.7 Å². The summed E-state index contributed by atoms with van der Waals surface area (Å²) >= 11 is 0. The molecule has 2 aromatic carbocycles. The number of aryl methyl sites for hydroxylation is 2. The molecule has 4 rings (SSSR count). The quantitative estimate of drug-likeness (QED) is 0.132. The molecule has 12 atom stereocenters. The first kappa shape index (κ1) is 42.5. The first-order chi connectivity index (χ1) is 21.8. The Hall–Kier alpha value is -1.70. The van der Waals surface area contributed by atoms with Crippen LogP contribution in [0.15, 0.2) is 36.4 Å². The van der Waals surface area contributed by atoms with E-state index in [1.807, 2.05) is 12.1 Å². The van der Waals surface area contributed by atoms with Gasteiger partial charge in [-0.15, -0.1) is 0 Å². The van der Waals surface area contributed by atoms with E-state index in [2.05, 4.69) is 0 Å². The zero-order valence-corrected chi connectivity index (χ0v) is 29.3. The summed E-state index contributed by atoms with van der Waals surface area (Å²) in [5.74, 6) is -1.05. The van der Waals surface area contributed by atoms with E-state index in [1.165, 1.54) is 0 Å². The third-order valence-electron chi connectivity index (χ3n) is 9.23. The van der Waals surface area contributed by atoms with Crippen LogP contribution in [-0.4, -0.2) is 128 Å². The van der Waals surface area contributed by atoms with Crippen LogP contribution in [0.3, 0.4) is 0 Å². The fourth-order valence-electron chi connectivity index (χ4n) is 6.08. The fraction of sp³-hybridized carbons (Fsp3) is 0.636. The third-order valence-corrected chi connectivity index (χ3v) is 9.23. The van der Waals surface area contributed by atoms with Gasteiger partial charge in [-0.2, -0.15) is 27.0 Å². The molecule has 0 unspecified atom stereocenters. The molecule has 2 aromatic rings. The van der Waals surface area contributed by atoms with Gasteiger partial charge in [0.05, 0.1) is 38.6 Å². The van der Waals surface area contributed by atoms with Gasteiger partial charge in [0.25, 0.3) is 0 Å². The van der Waals surface area contributed by atoms with Crippen LogP contribution < -0.4 is 0 Å². The van der Waals surface area contributed by atoms with Crippen LogP contribution in [0.4, 0.5) is 0 Å². The average Bonchev–Trinajstić information content (AvgIpc) is 3.04. The molecule has 15 heteroatoms. The second kappa shape index (κ2) is 19.1. The van der Waals surface area contributed by atoms with Crippen molar-refractivity contribution in [2.45, 2.75) is 88.9 Å². The zero-order chi connectivity index (χ0) is 33.7. The van der Waals surface area contributed by atoms with Gasteiger partial charge in [-0.05, 0) is 72.9 Å². The van der Waals surface area contributed by atoms with Crippen LogP contribution in [0.1, 0.15) is 29.2 Å². The monoisotopic (exact) mass is 720 g/mol. The van der Waals surface area contributed by atoms with Gasteiger partial charge in [0.15, 0.2) is 12.6 Å². The summed E-state index contributed by atoms with van der Waals surface area (Å²) in [4.78, 5) is 0. The summed E-state index contributed by atoms with van der Waals surface area (Å²) in [6.07, 6.45) is -11.1. The Bertz CT molecular complexity index is 1170. The summed E-state index contributed by atoms with van der Waals surface area (Å²) in [5, 5.41) is 92.1. The summed E-state index contributed by atoms with van der Waals surface area (Å²) in [5.41, 5.74) is 3.03. The molecule has 2 fully saturated rings. The van der Waals surface area contributed by atoms with Crippen molar-refractivity contribution in [3.8, 4) is 11.5 Å². The molecular weight excluding hydrogens is 668 g/mol. The maximum Gasteiger partial charge on any atom is 0.186 e. The van der Waals surface area contributed by atoms with Crippen LogP contribution >= 0.6 is 27.0 Å². The van der Waals surface area contributed by atoms with Crippen molar-refractivity contribution >= 4 is 27.0 Å². The molecule has 0 spiro atoms. The molecule has 274 valence electrons. The first-order valence-corrected chi connectivity index (χ1v) is 15.6. The summed E-state index contributed by atoms with van der Waals surface area (Å²) in [7, 11) is 0. The first-order valence-electron chi connectivity index (χ1n) is 15.6. The lowest BCUT2D eigenvalue weighted by molar-refractivity contribution is -0.305. The molecule has 2 heterocycles. The number of aliphatic hydroxyl groups excluding tert-OH is 7. The summed E-state index contributed by atoms with van der Waals surface area (Å²) in [6.45, 7) is 4.14. The zero-order valence-electron chi connectivity index (χ0n) is 27.3. The molecule has 48 heavy (non-hydrogen) atoms. The maximum atomic E-state index is 10.8. The lowest BCUT2D eigenvalue weighted by Crippen LogP contribution is -2.59.